The number of amides is 1. The van der Waals surface area contributed by atoms with Crippen LogP contribution in [0.25, 0.3) is 0 Å². The first-order chi connectivity index (χ1) is 8.99. The molecule has 1 fully saturated rings. The van der Waals surface area contributed by atoms with Crippen molar-refractivity contribution >= 4 is 11.6 Å². The Balaban J connectivity index is 2.19. The molecular weight excluding hydrogens is 236 g/mol. The molecule has 3 nitrogen and oxygen atoms in total. The molecular formula is C16H24N2O. The monoisotopic (exact) mass is 260 g/mol. The lowest BCUT2D eigenvalue weighted by atomic mass is 10.0. The van der Waals surface area contributed by atoms with Gasteiger partial charge >= 0.3 is 0 Å². The van der Waals surface area contributed by atoms with Crippen molar-refractivity contribution in [2.24, 2.45) is 11.8 Å². The molecule has 104 valence electrons. The van der Waals surface area contributed by atoms with E-state index in [1.807, 2.05) is 29.2 Å². The Bertz CT molecular complexity index is 446. The van der Waals surface area contributed by atoms with E-state index >= 15 is 0 Å². The normalized spacial score (nSPS) is 22.9. The third-order valence-corrected chi connectivity index (χ3v) is 3.88. The second-order valence-electron chi connectivity index (χ2n) is 6.01. The van der Waals surface area contributed by atoms with Crippen LogP contribution in [0.5, 0.6) is 0 Å². The molecule has 0 aromatic heterocycles. The number of hydrogen-bond acceptors (Lipinski definition) is 2. The van der Waals surface area contributed by atoms with E-state index < -0.39 is 0 Å². The third kappa shape index (κ3) is 3.09. The van der Waals surface area contributed by atoms with Crippen LogP contribution in [0.15, 0.2) is 24.3 Å². The molecule has 1 aliphatic heterocycles. The summed E-state index contributed by atoms with van der Waals surface area (Å²) in [6.07, 6.45) is 0. The Kier molecular flexibility index (Phi) is 4.13. The van der Waals surface area contributed by atoms with Crippen molar-refractivity contribution in [3.63, 3.8) is 0 Å². The molecule has 0 spiro atoms. The summed E-state index contributed by atoms with van der Waals surface area (Å²) in [6.45, 7) is 10.3. The lowest BCUT2D eigenvalue weighted by Gasteiger charge is -2.20. The minimum Gasteiger partial charge on any atom is -0.382 e. The van der Waals surface area contributed by atoms with Gasteiger partial charge in [0.05, 0.1) is 5.56 Å². The number of benzene rings is 1. The van der Waals surface area contributed by atoms with E-state index in [9.17, 15) is 4.79 Å². The van der Waals surface area contributed by atoms with E-state index in [1.165, 1.54) is 0 Å². The summed E-state index contributed by atoms with van der Waals surface area (Å²) in [4.78, 5) is 14.6. The fraction of sp³-hybridized carbons (Fsp3) is 0.562. The molecule has 1 aromatic carbocycles. The van der Waals surface area contributed by atoms with E-state index in [2.05, 4.69) is 33.0 Å². The number of carbonyl (C=O) groups is 1. The van der Waals surface area contributed by atoms with Crippen molar-refractivity contribution < 1.29 is 4.79 Å². The molecule has 1 heterocycles. The molecule has 19 heavy (non-hydrogen) atoms. The van der Waals surface area contributed by atoms with Gasteiger partial charge in [-0.15, -0.1) is 0 Å². The zero-order valence-electron chi connectivity index (χ0n) is 12.3. The maximum Gasteiger partial charge on any atom is 0.255 e. The van der Waals surface area contributed by atoms with Gasteiger partial charge in [0.15, 0.2) is 0 Å². The van der Waals surface area contributed by atoms with Crippen LogP contribution in [0.4, 0.5) is 5.69 Å². The van der Waals surface area contributed by atoms with Crippen LogP contribution >= 0.6 is 0 Å². The van der Waals surface area contributed by atoms with Gasteiger partial charge in [-0.3, -0.25) is 4.79 Å². The van der Waals surface area contributed by atoms with Gasteiger partial charge in [-0.05, 0) is 37.8 Å². The summed E-state index contributed by atoms with van der Waals surface area (Å²) in [7, 11) is 0. The van der Waals surface area contributed by atoms with Crippen LogP contribution in [0.3, 0.4) is 0 Å². The lowest BCUT2D eigenvalue weighted by Crippen LogP contribution is -2.30. The van der Waals surface area contributed by atoms with Crippen molar-refractivity contribution in [2.75, 3.05) is 18.4 Å². The van der Waals surface area contributed by atoms with Gasteiger partial charge in [-0.2, -0.15) is 0 Å². The summed E-state index contributed by atoms with van der Waals surface area (Å²) in [6, 6.07) is 8.13. The van der Waals surface area contributed by atoms with Gasteiger partial charge in [-0.25, -0.2) is 0 Å². The first-order valence-electron chi connectivity index (χ1n) is 7.14. The Morgan fingerprint density at radius 3 is 2.37 bits per heavy atom. The van der Waals surface area contributed by atoms with Crippen molar-refractivity contribution in [3.05, 3.63) is 29.8 Å². The fourth-order valence-electron chi connectivity index (χ4n) is 2.57. The standard InChI is InChI=1S/C16H24N2O/c1-11(2)17-15-8-6-5-7-14(15)16(19)18-9-12(3)13(4)10-18/h5-8,11-13,17H,9-10H2,1-4H3. The minimum atomic E-state index is 0.153. The number of nitrogens with one attached hydrogen (secondary N) is 1. The fourth-order valence-corrected chi connectivity index (χ4v) is 2.57. The molecule has 0 radical (unpaired) electrons. The summed E-state index contributed by atoms with van der Waals surface area (Å²) in [5, 5.41) is 3.35. The van der Waals surface area contributed by atoms with E-state index in [-0.39, 0.29) is 5.91 Å². The highest BCUT2D eigenvalue weighted by molar-refractivity contribution is 5.99. The summed E-state index contributed by atoms with van der Waals surface area (Å²) >= 11 is 0. The van der Waals surface area contributed by atoms with Crippen molar-refractivity contribution in [1.82, 2.24) is 4.90 Å². The average Bonchev–Trinajstić information content (AvgIpc) is 2.69. The second-order valence-corrected chi connectivity index (χ2v) is 6.01. The van der Waals surface area contributed by atoms with Gasteiger partial charge < -0.3 is 10.2 Å². The van der Waals surface area contributed by atoms with Crippen LogP contribution in [0.2, 0.25) is 0 Å². The van der Waals surface area contributed by atoms with E-state index in [0.717, 1.165) is 24.3 Å². The Morgan fingerprint density at radius 2 is 1.79 bits per heavy atom. The van der Waals surface area contributed by atoms with E-state index in [1.54, 1.807) is 0 Å². The molecule has 1 aliphatic rings. The van der Waals surface area contributed by atoms with Gasteiger partial charge in [0, 0.05) is 24.8 Å². The number of carbonyl (C=O) groups excluding carboxylic acids is 1. The van der Waals surface area contributed by atoms with Crippen molar-refractivity contribution in [1.29, 1.82) is 0 Å². The molecule has 0 saturated carbocycles. The molecule has 3 heteroatoms. The first-order valence-corrected chi connectivity index (χ1v) is 7.14. The average molecular weight is 260 g/mol. The third-order valence-electron chi connectivity index (χ3n) is 3.88. The van der Waals surface area contributed by atoms with Crippen molar-refractivity contribution in [3.8, 4) is 0 Å². The highest BCUT2D eigenvalue weighted by atomic mass is 16.2. The summed E-state index contributed by atoms with van der Waals surface area (Å²) < 4.78 is 0. The van der Waals surface area contributed by atoms with Gasteiger partial charge in [0.25, 0.3) is 5.91 Å². The zero-order chi connectivity index (χ0) is 14.0. The number of para-hydroxylation sites is 1. The molecule has 1 amide bonds. The Hall–Kier alpha value is -1.51. The van der Waals surface area contributed by atoms with Crippen molar-refractivity contribution in [2.45, 2.75) is 33.7 Å². The molecule has 2 atom stereocenters. The predicted octanol–water partition coefficient (Wildman–Crippen LogP) is 3.23. The number of likely N-dealkylation sites (tertiary alicyclic amines) is 1. The molecule has 2 unspecified atom stereocenters. The van der Waals surface area contributed by atoms with Gasteiger partial charge in [0.2, 0.25) is 0 Å². The number of rotatable bonds is 3. The second kappa shape index (κ2) is 5.64. The van der Waals surface area contributed by atoms with E-state index in [4.69, 9.17) is 0 Å². The molecule has 0 aliphatic carbocycles. The van der Waals surface area contributed by atoms with Crippen LogP contribution in [-0.2, 0) is 0 Å². The SMILES string of the molecule is CC(C)Nc1ccccc1C(=O)N1CC(C)C(C)C1. The van der Waals surface area contributed by atoms with Gasteiger partial charge in [-0.1, -0.05) is 26.0 Å². The largest absolute Gasteiger partial charge is 0.382 e. The van der Waals surface area contributed by atoms with Crippen LogP contribution in [-0.4, -0.2) is 29.9 Å². The maximum absolute atomic E-state index is 12.6. The minimum absolute atomic E-state index is 0.153. The molecule has 2 rings (SSSR count). The molecule has 1 saturated heterocycles. The molecule has 0 bridgehead atoms. The lowest BCUT2D eigenvalue weighted by molar-refractivity contribution is 0.0786. The topological polar surface area (TPSA) is 32.3 Å². The van der Waals surface area contributed by atoms with Crippen LogP contribution in [0, 0.1) is 11.8 Å². The van der Waals surface area contributed by atoms with E-state index in [0.29, 0.717) is 17.9 Å². The Morgan fingerprint density at radius 1 is 1.21 bits per heavy atom. The highest BCUT2D eigenvalue weighted by Crippen LogP contribution is 2.26. The van der Waals surface area contributed by atoms with Crippen LogP contribution in [0.1, 0.15) is 38.1 Å². The number of nitrogens with zero attached hydrogens (tertiary/aromatic N) is 1. The van der Waals surface area contributed by atoms with Gasteiger partial charge in [0.1, 0.15) is 0 Å². The summed E-state index contributed by atoms with van der Waals surface area (Å²) in [5.74, 6) is 1.34. The maximum atomic E-state index is 12.6. The summed E-state index contributed by atoms with van der Waals surface area (Å²) in [5.41, 5.74) is 1.73. The van der Waals surface area contributed by atoms with Crippen LogP contribution < -0.4 is 5.32 Å². The Labute approximate surface area is 116 Å². The number of hydrogen-bond donors (Lipinski definition) is 1. The zero-order valence-corrected chi connectivity index (χ0v) is 12.3. The predicted molar refractivity (Wildman–Crippen MR) is 79.4 cm³/mol. The molecule has 1 N–H and O–H groups in total. The quantitative estimate of drug-likeness (QED) is 0.905. The first kappa shape index (κ1) is 13.9. The smallest absolute Gasteiger partial charge is 0.255 e. The highest BCUT2D eigenvalue weighted by Gasteiger charge is 2.30. The number of anilines is 1. The molecule has 1 aromatic rings.